The van der Waals surface area contributed by atoms with Crippen molar-refractivity contribution in [2.24, 2.45) is 0 Å². The molecule has 0 amide bonds. The van der Waals surface area contributed by atoms with Crippen LogP contribution in [0.3, 0.4) is 0 Å². The molecule has 4 aromatic rings. The fourth-order valence-corrected chi connectivity index (χ4v) is 3.60. The Balaban J connectivity index is 2.04. The van der Waals surface area contributed by atoms with Gasteiger partial charge in [0.1, 0.15) is 0 Å². The first kappa shape index (κ1) is 18.6. The van der Waals surface area contributed by atoms with Crippen molar-refractivity contribution in [2.45, 2.75) is 0 Å². The summed E-state index contributed by atoms with van der Waals surface area (Å²) < 4.78 is 18.1. The van der Waals surface area contributed by atoms with Crippen LogP contribution in [0.5, 0.6) is 17.2 Å². The molecule has 0 aliphatic heterocycles. The number of aromatic nitrogens is 1. The predicted molar refractivity (Wildman–Crippen MR) is 115 cm³/mol. The second-order valence-corrected chi connectivity index (χ2v) is 6.50. The van der Waals surface area contributed by atoms with Crippen LogP contribution in [-0.2, 0) is 0 Å². The second kappa shape index (κ2) is 7.72. The molecule has 0 atom stereocenters. The highest BCUT2D eigenvalue weighted by Gasteiger charge is 2.17. The Morgan fingerprint density at radius 1 is 0.724 bits per heavy atom. The second-order valence-electron chi connectivity index (χ2n) is 6.50. The van der Waals surface area contributed by atoms with Gasteiger partial charge in [0.25, 0.3) is 5.56 Å². The van der Waals surface area contributed by atoms with E-state index in [1.54, 1.807) is 32.0 Å². The van der Waals surface area contributed by atoms with Crippen LogP contribution in [0.2, 0.25) is 0 Å². The summed E-state index contributed by atoms with van der Waals surface area (Å²) in [5.74, 6) is 1.59. The molecule has 0 bridgehead atoms. The molecule has 29 heavy (non-hydrogen) atoms. The van der Waals surface area contributed by atoms with Crippen LogP contribution in [0, 0.1) is 0 Å². The van der Waals surface area contributed by atoms with Gasteiger partial charge >= 0.3 is 0 Å². The van der Waals surface area contributed by atoms with Crippen molar-refractivity contribution in [1.82, 2.24) is 4.57 Å². The largest absolute Gasteiger partial charge is 0.493 e. The molecule has 0 saturated carbocycles. The number of hydrogen-bond donors (Lipinski definition) is 0. The average Bonchev–Trinajstić information content (AvgIpc) is 2.78. The Hall–Kier alpha value is -3.73. The molecule has 0 saturated heterocycles. The van der Waals surface area contributed by atoms with Gasteiger partial charge in [0, 0.05) is 17.1 Å². The molecule has 5 heteroatoms. The highest BCUT2D eigenvalue weighted by atomic mass is 16.5. The van der Waals surface area contributed by atoms with E-state index < -0.39 is 0 Å². The van der Waals surface area contributed by atoms with Crippen molar-refractivity contribution in [3.8, 4) is 34.1 Å². The van der Waals surface area contributed by atoms with E-state index in [0.29, 0.717) is 17.2 Å². The van der Waals surface area contributed by atoms with E-state index in [1.807, 2.05) is 66.7 Å². The van der Waals surface area contributed by atoms with Crippen molar-refractivity contribution in [3.05, 3.63) is 83.2 Å². The van der Waals surface area contributed by atoms with Crippen LogP contribution in [-0.4, -0.2) is 25.9 Å². The van der Waals surface area contributed by atoms with Gasteiger partial charge in [-0.3, -0.25) is 9.36 Å². The first-order chi connectivity index (χ1) is 14.2. The molecule has 1 heterocycles. The van der Waals surface area contributed by atoms with Crippen LogP contribution in [0.15, 0.2) is 77.6 Å². The van der Waals surface area contributed by atoms with Crippen LogP contribution >= 0.6 is 0 Å². The van der Waals surface area contributed by atoms with E-state index in [0.717, 1.165) is 27.7 Å². The van der Waals surface area contributed by atoms with E-state index >= 15 is 0 Å². The smallest absolute Gasteiger partial charge is 0.256 e. The number of nitrogens with zero attached hydrogens (tertiary/aromatic N) is 1. The third kappa shape index (κ3) is 3.21. The van der Waals surface area contributed by atoms with E-state index in [4.69, 9.17) is 14.2 Å². The lowest BCUT2D eigenvalue weighted by molar-refractivity contribution is 0.324. The van der Waals surface area contributed by atoms with Crippen molar-refractivity contribution in [3.63, 3.8) is 0 Å². The normalized spacial score (nSPS) is 10.7. The van der Waals surface area contributed by atoms with Crippen LogP contribution in [0.25, 0.3) is 27.7 Å². The van der Waals surface area contributed by atoms with Crippen LogP contribution < -0.4 is 19.8 Å². The zero-order valence-electron chi connectivity index (χ0n) is 16.5. The minimum atomic E-state index is -0.112. The summed E-state index contributed by atoms with van der Waals surface area (Å²) in [6.07, 6.45) is 0. The van der Waals surface area contributed by atoms with Gasteiger partial charge in [0.2, 0.25) is 5.75 Å². The molecule has 146 valence electrons. The summed E-state index contributed by atoms with van der Waals surface area (Å²) in [7, 11) is 4.72. The van der Waals surface area contributed by atoms with Gasteiger partial charge < -0.3 is 14.2 Å². The minimum Gasteiger partial charge on any atom is -0.493 e. The van der Waals surface area contributed by atoms with Crippen molar-refractivity contribution in [1.29, 1.82) is 0 Å². The highest BCUT2D eigenvalue weighted by molar-refractivity contribution is 5.96. The lowest BCUT2D eigenvalue weighted by Gasteiger charge is -2.17. The molecule has 5 nitrogen and oxygen atoms in total. The van der Waals surface area contributed by atoms with Gasteiger partial charge in [-0.1, -0.05) is 36.4 Å². The fraction of sp³-hybridized carbons (Fsp3) is 0.125. The lowest BCUT2D eigenvalue weighted by atomic mass is 9.99. The van der Waals surface area contributed by atoms with Crippen molar-refractivity contribution >= 4 is 10.9 Å². The predicted octanol–water partition coefficient (Wildman–Crippen LogP) is 4.68. The minimum absolute atomic E-state index is 0.112. The molecule has 0 radical (unpaired) electrons. The third-order valence-corrected chi connectivity index (χ3v) is 4.91. The van der Waals surface area contributed by atoms with E-state index in [1.165, 1.54) is 0 Å². The molecule has 0 aliphatic rings. The fourth-order valence-electron chi connectivity index (χ4n) is 3.60. The zero-order valence-corrected chi connectivity index (χ0v) is 16.5. The average molecular weight is 387 g/mol. The van der Waals surface area contributed by atoms with E-state index in [-0.39, 0.29) is 5.56 Å². The molecule has 0 unspecified atom stereocenters. The summed E-state index contributed by atoms with van der Waals surface area (Å²) in [4.78, 5) is 13.1. The Kier molecular flexibility index (Phi) is 4.96. The summed E-state index contributed by atoms with van der Waals surface area (Å²) in [5, 5.41) is 0.949. The maximum atomic E-state index is 13.1. The zero-order chi connectivity index (χ0) is 20.4. The highest BCUT2D eigenvalue weighted by Crippen LogP contribution is 2.42. The first-order valence-corrected chi connectivity index (χ1v) is 9.18. The Morgan fingerprint density at radius 2 is 1.34 bits per heavy atom. The van der Waals surface area contributed by atoms with Gasteiger partial charge in [-0.05, 0) is 41.5 Å². The SMILES string of the molecule is COc1cc(-c2cc(=O)n(-c3ccccc3)c3ccccc23)cc(OC)c1OC. The Bertz CT molecular complexity index is 1200. The lowest BCUT2D eigenvalue weighted by Crippen LogP contribution is -2.18. The molecular formula is C24H21NO4. The number of ether oxygens (including phenoxy) is 3. The maximum Gasteiger partial charge on any atom is 0.256 e. The number of para-hydroxylation sites is 2. The third-order valence-electron chi connectivity index (χ3n) is 4.91. The summed E-state index contributed by atoms with van der Waals surface area (Å²) >= 11 is 0. The maximum absolute atomic E-state index is 13.1. The molecule has 1 aromatic heterocycles. The number of rotatable bonds is 5. The van der Waals surface area contributed by atoms with Crippen molar-refractivity contribution < 1.29 is 14.2 Å². The molecule has 3 aromatic carbocycles. The van der Waals surface area contributed by atoms with E-state index in [9.17, 15) is 4.79 Å². The summed E-state index contributed by atoms with van der Waals surface area (Å²) in [5.41, 5.74) is 3.16. The van der Waals surface area contributed by atoms with Gasteiger partial charge in [-0.15, -0.1) is 0 Å². The summed E-state index contributed by atoms with van der Waals surface area (Å²) in [6, 6.07) is 22.8. The molecule has 0 aliphatic carbocycles. The number of pyridine rings is 1. The van der Waals surface area contributed by atoms with E-state index in [2.05, 4.69) is 0 Å². The molecule has 4 rings (SSSR count). The van der Waals surface area contributed by atoms with Crippen LogP contribution in [0.1, 0.15) is 0 Å². The van der Waals surface area contributed by atoms with Crippen LogP contribution in [0.4, 0.5) is 0 Å². The van der Waals surface area contributed by atoms with Crippen molar-refractivity contribution in [2.75, 3.05) is 21.3 Å². The van der Waals surface area contributed by atoms with Gasteiger partial charge in [-0.25, -0.2) is 0 Å². The summed E-state index contributed by atoms with van der Waals surface area (Å²) in [6.45, 7) is 0. The first-order valence-electron chi connectivity index (χ1n) is 9.18. The Morgan fingerprint density at radius 3 is 1.97 bits per heavy atom. The molecule has 0 fully saturated rings. The topological polar surface area (TPSA) is 49.7 Å². The molecule has 0 N–H and O–H groups in total. The standard InChI is InChI=1S/C24H21NO4/c1-27-21-13-16(14-22(28-2)24(21)29-3)19-15-23(26)25(17-9-5-4-6-10-17)20-12-8-7-11-18(19)20/h4-15H,1-3H3. The number of benzene rings is 3. The number of hydrogen-bond acceptors (Lipinski definition) is 4. The number of fused-ring (bicyclic) bond motifs is 1. The molecule has 0 spiro atoms. The Labute approximate surface area is 168 Å². The van der Waals surface area contributed by atoms with Gasteiger partial charge in [0.15, 0.2) is 11.5 Å². The number of methoxy groups -OCH3 is 3. The van der Waals surface area contributed by atoms with Gasteiger partial charge in [-0.2, -0.15) is 0 Å². The van der Waals surface area contributed by atoms with Gasteiger partial charge in [0.05, 0.1) is 26.8 Å². The monoisotopic (exact) mass is 387 g/mol. The quantitative estimate of drug-likeness (QED) is 0.499. The molecular weight excluding hydrogens is 366 g/mol.